The number of fused-ring (bicyclic) bond motifs is 1. The lowest BCUT2D eigenvalue weighted by Crippen LogP contribution is -2.46. The van der Waals surface area contributed by atoms with Crippen LogP contribution in [0.4, 0.5) is 11.6 Å². The topological polar surface area (TPSA) is 116 Å². The zero-order valence-corrected chi connectivity index (χ0v) is 17.9. The smallest absolute Gasteiger partial charge is 0.353 e. The van der Waals surface area contributed by atoms with Crippen LogP contribution in [0.15, 0.2) is 53.5 Å². The van der Waals surface area contributed by atoms with Crippen molar-refractivity contribution in [1.82, 2.24) is 29.4 Å². The lowest BCUT2D eigenvalue weighted by atomic mass is 10.1. The van der Waals surface area contributed by atoms with Gasteiger partial charge in [0.2, 0.25) is 5.95 Å². The maximum absolute atomic E-state index is 13.2. The molecule has 4 aromatic rings. The second-order valence-electron chi connectivity index (χ2n) is 8.01. The van der Waals surface area contributed by atoms with E-state index in [2.05, 4.69) is 25.2 Å². The van der Waals surface area contributed by atoms with Crippen LogP contribution in [0.25, 0.3) is 16.9 Å². The Morgan fingerprint density at radius 2 is 1.84 bits per heavy atom. The first-order valence-corrected chi connectivity index (χ1v) is 10.5. The molecule has 164 valence electrons. The van der Waals surface area contributed by atoms with Gasteiger partial charge in [0.15, 0.2) is 5.65 Å². The Morgan fingerprint density at radius 1 is 1.09 bits per heavy atom. The van der Waals surface area contributed by atoms with Crippen molar-refractivity contribution in [2.75, 3.05) is 23.7 Å². The van der Waals surface area contributed by atoms with Gasteiger partial charge < -0.3 is 15.4 Å². The minimum absolute atomic E-state index is 0.0216. The van der Waals surface area contributed by atoms with Crippen LogP contribution >= 0.6 is 0 Å². The predicted molar refractivity (Wildman–Crippen MR) is 120 cm³/mol. The molecule has 1 saturated heterocycles. The molecule has 10 heteroatoms. The van der Waals surface area contributed by atoms with Crippen molar-refractivity contribution in [1.29, 1.82) is 0 Å². The monoisotopic (exact) mass is 432 g/mol. The van der Waals surface area contributed by atoms with E-state index in [0.29, 0.717) is 30.1 Å². The number of hydrogen-bond acceptors (Lipinski definition) is 8. The molecule has 1 fully saturated rings. The highest BCUT2D eigenvalue weighted by molar-refractivity contribution is 5.86. The number of morpholine rings is 1. The number of nitrogens with zero attached hydrogens (tertiary/aromatic N) is 7. The molecule has 0 saturated carbocycles. The zero-order chi connectivity index (χ0) is 22.2. The number of nitrogen functional groups attached to an aromatic ring is 1. The molecule has 1 aromatic carbocycles. The van der Waals surface area contributed by atoms with E-state index in [1.54, 1.807) is 18.3 Å². The third-order valence-electron chi connectivity index (χ3n) is 5.45. The first-order valence-electron chi connectivity index (χ1n) is 10.5. The summed E-state index contributed by atoms with van der Waals surface area (Å²) in [6.45, 7) is 5.55. The number of aromatic nitrogens is 6. The van der Waals surface area contributed by atoms with E-state index in [4.69, 9.17) is 10.5 Å². The molecule has 2 atom stereocenters. The second kappa shape index (κ2) is 8.04. The van der Waals surface area contributed by atoms with Gasteiger partial charge in [-0.3, -0.25) is 0 Å². The standard InChI is InChI=1S/C22H24N8O2/c1-14-11-28(12-15(2)32-14)19-18(16-7-4-3-5-8-16)25-21(23)30-20(19)27-29(22(30)31)13-17-9-6-10-24-26-17/h3-10,14-15H,11-13H2,1-2H3,(H2,23,25)/t14-,15+. The molecule has 10 nitrogen and oxygen atoms in total. The van der Waals surface area contributed by atoms with Crippen LogP contribution in [0.5, 0.6) is 0 Å². The van der Waals surface area contributed by atoms with Crippen LogP contribution < -0.4 is 16.3 Å². The van der Waals surface area contributed by atoms with Crippen LogP contribution in [-0.2, 0) is 11.3 Å². The minimum Gasteiger partial charge on any atom is -0.372 e. The van der Waals surface area contributed by atoms with Gasteiger partial charge in [0.05, 0.1) is 24.4 Å². The van der Waals surface area contributed by atoms with Gasteiger partial charge >= 0.3 is 5.69 Å². The van der Waals surface area contributed by atoms with Gasteiger partial charge in [-0.1, -0.05) is 30.3 Å². The Labute approximate surface area is 184 Å². The number of benzene rings is 1. The molecule has 1 aliphatic heterocycles. The van der Waals surface area contributed by atoms with E-state index in [0.717, 1.165) is 11.3 Å². The molecule has 1 aliphatic rings. The van der Waals surface area contributed by atoms with Crippen molar-refractivity contribution < 1.29 is 4.74 Å². The Bertz CT molecular complexity index is 1290. The molecule has 32 heavy (non-hydrogen) atoms. The van der Waals surface area contributed by atoms with Gasteiger partial charge in [0.25, 0.3) is 0 Å². The van der Waals surface area contributed by atoms with Crippen LogP contribution in [-0.4, -0.2) is 54.7 Å². The third kappa shape index (κ3) is 3.58. The van der Waals surface area contributed by atoms with E-state index in [1.807, 2.05) is 44.2 Å². The van der Waals surface area contributed by atoms with Gasteiger partial charge in [-0.2, -0.15) is 10.2 Å². The molecule has 0 aliphatic carbocycles. The van der Waals surface area contributed by atoms with Crippen molar-refractivity contribution >= 4 is 17.3 Å². The van der Waals surface area contributed by atoms with Crippen molar-refractivity contribution in [3.63, 3.8) is 0 Å². The Morgan fingerprint density at radius 3 is 2.53 bits per heavy atom. The summed E-state index contributed by atoms with van der Waals surface area (Å²) in [5.74, 6) is 0.0901. The van der Waals surface area contributed by atoms with Gasteiger partial charge in [-0.25, -0.2) is 18.9 Å². The summed E-state index contributed by atoms with van der Waals surface area (Å²) in [6, 6.07) is 13.4. The molecule has 0 unspecified atom stereocenters. The lowest BCUT2D eigenvalue weighted by Gasteiger charge is -2.37. The van der Waals surface area contributed by atoms with Crippen molar-refractivity contribution in [3.8, 4) is 11.3 Å². The van der Waals surface area contributed by atoms with Crippen molar-refractivity contribution in [2.45, 2.75) is 32.6 Å². The highest BCUT2D eigenvalue weighted by Gasteiger charge is 2.29. The van der Waals surface area contributed by atoms with Crippen LogP contribution in [0.1, 0.15) is 19.5 Å². The molecule has 5 rings (SSSR count). The Hall–Kier alpha value is -3.79. The summed E-state index contributed by atoms with van der Waals surface area (Å²) in [7, 11) is 0. The fourth-order valence-electron chi connectivity index (χ4n) is 4.21. The second-order valence-corrected chi connectivity index (χ2v) is 8.01. The number of ether oxygens (including phenoxy) is 1. The average molecular weight is 432 g/mol. The average Bonchev–Trinajstić information content (AvgIpc) is 3.10. The van der Waals surface area contributed by atoms with Crippen LogP contribution in [0.2, 0.25) is 0 Å². The molecule has 0 amide bonds. The Kier molecular flexibility index (Phi) is 5.06. The summed E-state index contributed by atoms with van der Waals surface area (Å²) in [6.07, 6.45) is 1.63. The summed E-state index contributed by atoms with van der Waals surface area (Å²) in [5.41, 5.74) is 9.36. The molecule has 4 heterocycles. The molecule has 0 spiro atoms. The Balaban J connectivity index is 1.74. The van der Waals surface area contributed by atoms with Crippen LogP contribution in [0.3, 0.4) is 0 Å². The number of hydrogen-bond donors (Lipinski definition) is 1. The minimum atomic E-state index is -0.370. The van der Waals surface area contributed by atoms with Gasteiger partial charge in [-0.15, -0.1) is 5.10 Å². The molecule has 0 radical (unpaired) electrons. The maximum Gasteiger partial charge on any atom is 0.353 e. The predicted octanol–water partition coefficient (Wildman–Crippen LogP) is 1.59. The van der Waals surface area contributed by atoms with Gasteiger partial charge in [-0.05, 0) is 26.0 Å². The SMILES string of the molecule is C[C@@H]1CN(c2c(-c3ccccc3)nc(N)n3c(=O)n(Cc4cccnn4)nc23)C[C@H](C)O1. The number of nitrogens with two attached hydrogens (primary N) is 1. The van der Waals surface area contributed by atoms with E-state index in [1.165, 1.54) is 9.08 Å². The number of rotatable bonds is 4. The highest BCUT2D eigenvalue weighted by Crippen LogP contribution is 2.34. The van der Waals surface area contributed by atoms with Gasteiger partial charge in [0, 0.05) is 24.8 Å². The van der Waals surface area contributed by atoms with E-state index < -0.39 is 0 Å². The largest absolute Gasteiger partial charge is 0.372 e. The van der Waals surface area contributed by atoms with Gasteiger partial charge in [0.1, 0.15) is 11.4 Å². The van der Waals surface area contributed by atoms with E-state index in [-0.39, 0.29) is 30.4 Å². The summed E-state index contributed by atoms with van der Waals surface area (Å²) >= 11 is 0. The molecule has 0 bridgehead atoms. The molecule has 2 N–H and O–H groups in total. The lowest BCUT2D eigenvalue weighted by molar-refractivity contribution is -0.00513. The molecular formula is C22H24N8O2. The number of anilines is 2. The molecule has 3 aromatic heterocycles. The van der Waals surface area contributed by atoms with Crippen molar-refractivity contribution in [3.05, 3.63) is 64.8 Å². The fraction of sp³-hybridized carbons (Fsp3) is 0.318. The summed E-state index contributed by atoms with van der Waals surface area (Å²) in [4.78, 5) is 20.1. The van der Waals surface area contributed by atoms with Crippen molar-refractivity contribution in [2.24, 2.45) is 0 Å². The quantitative estimate of drug-likeness (QED) is 0.517. The molecular weight excluding hydrogens is 408 g/mol. The maximum atomic E-state index is 13.2. The first kappa shape index (κ1) is 20.1. The summed E-state index contributed by atoms with van der Waals surface area (Å²) in [5, 5.41) is 12.6. The zero-order valence-electron chi connectivity index (χ0n) is 17.9. The summed E-state index contributed by atoms with van der Waals surface area (Å²) < 4.78 is 8.65. The normalized spacial score (nSPS) is 18.9. The third-order valence-corrected chi connectivity index (χ3v) is 5.45. The van der Waals surface area contributed by atoms with E-state index in [9.17, 15) is 4.79 Å². The van der Waals surface area contributed by atoms with E-state index >= 15 is 0 Å². The highest BCUT2D eigenvalue weighted by atomic mass is 16.5. The first-order chi connectivity index (χ1) is 15.5. The fourth-order valence-corrected chi connectivity index (χ4v) is 4.21. The van der Waals surface area contributed by atoms with Crippen LogP contribution in [0, 0.1) is 0 Å².